The summed E-state index contributed by atoms with van der Waals surface area (Å²) < 4.78 is 16.6. The fourth-order valence-corrected chi connectivity index (χ4v) is 3.58. The van der Waals surface area contributed by atoms with Crippen molar-refractivity contribution in [2.45, 2.75) is 26.2 Å². The minimum atomic E-state index is -0.230. The van der Waals surface area contributed by atoms with Crippen LogP contribution in [0.25, 0.3) is 22.6 Å². The van der Waals surface area contributed by atoms with Gasteiger partial charge in [-0.2, -0.15) is 0 Å². The first-order chi connectivity index (χ1) is 15.1. The number of nitrogens with zero attached hydrogens (tertiary/aromatic N) is 1. The minimum Gasteiger partial charge on any atom is -0.454 e. The first-order valence-corrected chi connectivity index (χ1v) is 10.3. The average molecular weight is 414 g/mol. The molecule has 1 atom stereocenters. The second-order valence-electron chi connectivity index (χ2n) is 7.66. The Morgan fingerprint density at radius 1 is 1.06 bits per heavy atom. The summed E-state index contributed by atoms with van der Waals surface area (Å²) >= 11 is 0. The van der Waals surface area contributed by atoms with E-state index in [2.05, 4.69) is 36.3 Å². The lowest BCUT2D eigenvalue weighted by Gasteiger charge is -2.07. The summed E-state index contributed by atoms with van der Waals surface area (Å²) in [6, 6.07) is 18.7. The molecule has 4 aromatic rings. The fraction of sp³-hybridized carbons (Fsp3) is 0.200. The van der Waals surface area contributed by atoms with Gasteiger partial charge < -0.3 is 19.2 Å². The van der Waals surface area contributed by atoms with Gasteiger partial charge in [0, 0.05) is 16.8 Å². The Balaban J connectivity index is 1.39. The fourth-order valence-electron chi connectivity index (χ4n) is 3.58. The number of benzene rings is 3. The van der Waals surface area contributed by atoms with Crippen LogP contribution >= 0.6 is 0 Å². The van der Waals surface area contributed by atoms with Crippen molar-refractivity contribution >= 4 is 22.7 Å². The molecule has 1 aliphatic rings. The summed E-state index contributed by atoms with van der Waals surface area (Å²) in [7, 11) is 0. The molecule has 0 fully saturated rings. The summed E-state index contributed by atoms with van der Waals surface area (Å²) in [4.78, 5) is 17.4. The number of carbonyl (C=O) groups is 1. The highest BCUT2D eigenvalue weighted by Crippen LogP contribution is 2.33. The van der Waals surface area contributed by atoms with Gasteiger partial charge in [0.25, 0.3) is 5.91 Å². The molecular formula is C25H22N2O4. The van der Waals surface area contributed by atoms with Crippen molar-refractivity contribution in [3.05, 3.63) is 71.8 Å². The Hall–Kier alpha value is -3.80. The van der Waals surface area contributed by atoms with E-state index in [4.69, 9.17) is 13.9 Å². The standard InChI is InChI=1S/C25H22N2O4/c1-3-15(2)16-7-9-21-20(12-16)27-25(31-21)18-5-4-6-19(11-18)26-24(28)17-8-10-22-23(13-17)30-14-29-22/h4-13,15H,3,14H2,1-2H3,(H,26,28). The maximum atomic E-state index is 12.7. The molecule has 0 saturated heterocycles. The second-order valence-corrected chi connectivity index (χ2v) is 7.66. The largest absolute Gasteiger partial charge is 0.454 e. The van der Waals surface area contributed by atoms with Crippen LogP contribution in [-0.4, -0.2) is 17.7 Å². The van der Waals surface area contributed by atoms with E-state index in [9.17, 15) is 4.79 Å². The zero-order chi connectivity index (χ0) is 21.4. The number of amides is 1. The summed E-state index contributed by atoms with van der Waals surface area (Å²) in [5.41, 5.74) is 4.78. The number of ether oxygens (including phenoxy) is 2. The van der Waals surface area contributed by atoms with Crippen LogP contribution in [0.3, 0.4) is 0 Å². The second kappa shape index (κ2) is 7.80. The number of hydrogen-bond acceptors (Lipinski definition) is 5. The van der Waals surface area contributed by atoms with Crippen molar-refractivity contribution in [1.29, 1.82) is 0 Å². The molecule has 1 unspecified atom stereocenters. The van der Waals surface area contributed by atoms with E-state index in [0.29, 0.717) is 34.6 Å². The van der Waals surface area contributed by atoms with Crippen LogP contribution in [-0.2, 0) is 0 Å². The number of aromatic nitrogens is 1. The van der Waals surface area contributed by atoms with E-state index in [-0.39, 0.29) is 12.7 Å². The molecule has 0 radical (unpaired) electrons. The molecule has 3 aromatic carbocycles. The Labute approximate surface area is 179 Å². The van der Waals surface area contributed by atoms with Crippen molar-refractivity contribution in [3.63, 3.8) is 0 Å². The van der Waals surface area contributed by atoms with Gasteiger partial charge in [0.05, 0.1) is 0 Å². The Bertz CT molecular complexity index is 1280. The number of nitrogens with one attached hydrogen (secondary N) is 1. The normalized spacial score (nSPS) is 13.4. The number of anilines is 1. The molecule has 6 heteroatoms. The maximum absolute atomic E-state index is 12.7. The molecule has 1 amide bonds. The zero-order valence-corrected chi connectivity index (χ0v) is 17.3. The number of rotatable bonds is 5. The number of hydrogen-bond donors (Lipinski definition) is 1. The molecule has 0 aliphatic carbocycles. The van der Waals surface area contributed by atoms with Crippen molar-refractivity contribution in [3.8, 4) is 23.0 Å². The van der Waals surface area contributed by atoms with Crippen LogP contribution in [0.2, 0.25) is 0 Å². The number of oxazole rings is 1. The van der Waals surface area contributed by atoms with Gasteiger partial charge in [0.15, 0.2) is 17.1 Å². The summed E-state index contributed by atoms with van der Waals surface area (Å²) in [6.07, 6.45) is 1.07. The Morgan fingerprint density at radius 3 is 2.81 bits per heavy atom. The summed E-state index contributed by atoms with van der Waals surface area (Å²) in [5, 5.41) is 2.92. The predicted molar refractivity (Wildman–Crippen MR) is 119 cm³/mol. The van der Waals surface area contributed by atoms with Crippen molar-refractivity contribution < 1.29 is 18.7 Å². The molecule has 1 aromatic heterocycles. The smallest absolute Gasteiger partial charge is 0.255 e. The van der Waals surface area contributed by atoms with Crippen molar-refractivity contribution in [2.24, 2.45) is 0 Å². The molecule has 0 saturated carbocycles. The lowest BCUT2D eigenvalue weighted by molar-refractivity contribution is 0.102. The molecular weight excluding hydrogens is 392 g/mol. The monoisotopic (exact) mass is 414 g/mol. The van der Waals surface area contributed by atoms with Gasteiger partial charge in [-0.15, -0.1) is 0 Å². The lowest BCUT2D eigenvalue weighted by Crippen LogP contribution is -2.11. The SMILES string of the molecule is CCC(C)c1ccc2oc(-c3cccc(NC(=O)c4ccc5c(c4)OCO5)c3)nc2c1. The van der Waals surface area contributed by atoms with Gasteiger partial charge in [0.2, 0.25) is 12.7 Å². The van der Waals surface area contributed by atoms with Crippen LogP contribution in [0.4, 0.5) is 5.69 Å². The van der Waals surface area contributed by atoms with Gasteiger partial charge in [-0.05, 0) is 66.4 Å². The van der Waals surface area contributed by atoms with Gasteiger partial charge in [-0.25, -0.2) is 4.98 Å². The predicted octanol–water partition coefficient (Wildman–Crippen LogP) is 5.99. The quantitative estimate of drug-likeness (QED) is 0.434. The Kier molecular flexibility index (Phi) is 4.82. The molecule has 156 valence electrons. The molecule has 2 heterocycles. The van der Waals surface area contributed by atoms with Crippen molar-refractivity contribution in [2.75, 3.05) is 12.1 Å². The van der Waals surface area contributed by atoms with Crippen LogP contribution in [0.5, 0.6) is 11.5 Å². The molecule has 5 rings (SSSR count). The van der Waals surface area contributed by atoms with Gasteiger partial charge >= 0.3 is 0 Å². The highest BCUT2D eigenvalue weighted by Gasteiger charge is 2.17. The molecule has 0 bridgehead atoms. The van der Waals surface area contributed by atoms with Crippen LogP contribution in [0, 0.1) is 0 Å². The zero-order valence-electron chi connectivity index (χ0n) is 17.3. The topological polar surface area (TPSA) is 73.6 Å². The van der Waals surface area contributed by atoms with E-state index in [1.54, 1.807) is 18.2 Å². The average Bonchev–Trinajstić information content (AvgIpc) is 3.44. The van der Waals surface area contributed by atoms with E-state index in [1.165, 1.54) is 5.56 Å². The number of carbonyl (C=O) groups excluding carboxylic acids is 1. The van der Waals surface area contributed by atoms with Gasteiger partial charge in [-0.3, -0.25) is 4.79 Å². The van der Waals surface area contributed by atoms with Gasteiger partial charge in [-0.1, -0.05) is 26.0 Å². The lowest BCUT2D eigenvalue weighted by atomic mass is 9.98. The van der Waals surface area contributed by atoms with E-state index < -0.39 is 0 Å². The minimum absolute atomic E-state index is 0.172. The first kappa shape index (κ1) is 19.2. The summed E-state index contributed by atoms with van der Waals surface area (Å²) in [6.45, 7) is 4.55. The Morgan fingerprint density at radius 2 is 1.94 bits per heavy atom. The van der Waals surface area contributed by atoms with E-state index >= 15 is 0 Å². The summed E-state index contributed by atoms with van der Waals surface area (Å²) in [5.74, 6) is 1.98. The molecule has 6 nitrogen and oxygen atoms in total. The third kappa shape index (κ3) is 3.72. The molecule has 1 N–H and O–H groups in total. The third-order valence-electron chi connectivity index (χ3n) is 5.60. The number of fused-ring (bicyclic) bond motifs is 2. The van der Waals surface area contributed by atoms with Crippen molar-refractivity contribution in [1.82, 2.24) is 4.98 Å². The van der Waals surface area contributed by atoms with E-state index in [0.717, 1.165) is 23.1 Å². The highest BCUT2D eigenvalue weighted by atomic mass is 16.7. The third-order valence-corrected chi connectivity index (χ3v) is 5.60. The molecule has 31 heavy (non-hydrogen) atoms. The molecule has 0 spiro atoms. The highest BCUT2D eigenvalue weighted by molar-refractivity contribution is 6.05. The van der Waals surface area contributed by atoms with Crippen LogP contribution < -0.4 is 14.8 Å². The van der Waals surface area contributed by atoms with Gasteiger partial charge in [0.1, 0.15) is 5.52 Å². The van der Waals surface area contributed by atoms with Crippen LogP contribution in [0.15, 0.2) is 65.1 Å². The maximum Gasteiger partial charge on any atom is 0.255 e. The first-order valence-electron chi connectivity index (χ1n) is 10.3. The van der Waals surface area contributed by atoms with E-state index in [1.807, 2.05) is 30.3 Å². The van der Waals surface area contributed by atoms with Crippen LogP contribution in [0.1, 0.15) is 42.1 Å². The molecule has 1 aliphatic heterocycles.